The maximum atomic E-state index is 11.9. The van der Waals surface area contributed by atoms with Gasteiger partial charge in [-0.3, -0.25) is 9.78 Å². The van der Waals surface area contributed by atoms with Crippen LogP contribution in [0.15, 0.2) is 24.5 Å². The highest BCUT2D eigenvalue weighted by Crippen LogP contribution is 2.03. The van der Waals surface area contributed by atoms with Gasteiger partial charge in [0.05, 0.1) is 0 Å². The molecular weight excluding hydrogens is 246 g/mol. The first kappa shape index (κ1) is 14.9. The Hall–Kier alpha value is -2.11. The molecule has 1 heterocycles. The van der Waals surface area contributed by atoms with Gasteiger partial charge in [-0.25, -0.2) is 4.79 Å². The Bertz CT molecular complexity index is 409. The summed E-state index contributed by atoms with van der Waals surface area (Å²) < 4.78 is 0. The van der Waals surface area contributed by atoms with Crippen LogP contribution in [0.2, 0.25) is 0 Å². The Morgan fingerprint density at radius 2 is 2.05 bits per heavy atom. The van der Waals surface area contributed by atoms with Gasteiger partial charge in [-0.1, -0.05) is 0 Å². The minimum Gasteiger partial charge on any atom is -0.481 e. The van der Waals surface area contributed by atoms with Crippen LogP contribution in [0.1, 0.15) is 25.3 Å². The van der Waals surface area contributed by atoms with Crippen LogP contribution in [0.25, 0.3) is 0 Å². The van der Waals surface area contributed by atoms with E-state index in [9.17, 15) is 9.59 Å². The lowest BCUT2D eigenvalue weighted by Crippen LogP contribution is -2.39. The molecule has 0 aliphatic rings. The van der Waals surface area contributed by atoms with Crippen molar-refractivity contribution in [2.75, 3.05) is 13.1 Å². The first-order chi connectivity index (χ1) is 9.13. The summed E-state index contributed by atoms with van der Waals surface area (Å²) in [5, 5.41) is 11.2. The molecule has 0 fully saturated rings. The number of rotatable bonds is 7. The van der Waals surface area contributed by atoms with Gasteiger partial charge in [0.1, 0.15) is 0 Å². The molecule has 2 amide bonds. The summed E-state index contributed by atoms with van der Waals surface area (Å²) in [5.41, 5.74) is 1.01. The molecule has 0 bridgehead atoms. The highest BCUT2D eigenvalue weighted by atomic mass is 16.4. The van der Waals surface area contributed by atoms with E-state index in [1.165, 1.54) is 0 Å². The number of aromatic nitrogens is 1. The van der Waals surface area contributed by atoms with Gasteiger partial charge in [0, 0.05) is 38.4 Å². The Kier molecular flexibility index (Phi) is 6.35. The predicted molar refractivity (Wildman–Crippen MR) is 70.6 cm³/mol. The molecular formula is C13H19N3O3. The zero-order valence-electron chi connectivity index (χ0n) is 11.0. The van der Waals surface area contributed by atoms with Crippen LogP contribution < -0.4 is 5.32 Å². The zero-order chi connectivity index (χ0) is 14.1. The highest BCUT2D eigenvalue weighted by molar-refractivity contribution is 5.74. The molecule has 19 heavy (non-hydrogen) atoms. The maximum absolute atomic E-state index is 11.9. The number of carbonyl (C=O) groups is 2. The predicted octanol–water partition coefficient (Wildman–Crippen LogP) is 1.48. The van der Waals surface area contributed by atoms with E-state index in [0.29, 0.717) is 26.1 Å². The largest absolute Gasteiger partial charge is 0.481 e. The van der Waals surface area contributed by atoms with Crippen molar-refractivity contribution >= 4 is 12.0 Å². The van der Waals surface area contributed by atoms with Gasteiger partial charge < -0.3 is 15.3 Å². The van der Waals surface area contributed by atoms with E-state index < -0.39 is 5.97 Å². The van der Waals surface area contributed by atoms with Crippen LogP contribution in [0.4, 0.5) is 4.79 Å². The molecule has 6 heteroatoms. The van der Waals surface area contributed by atoms with Crippen LogP contribution in [0, 0.1) is 0 Å². The number of aliphatic carboxylic acids is 1. The number of amides is 2. The molecule has 0 spiro atoms. The van der Waals surface area contributed by atoms with Gasteiger partial charge in [-0.2, -0.15) is 0 Å². The molecule has 104 valence electrons. The van der Waals surface area contributed by atoms with Crippen LogP contribution in [-0.2, 0) is 11.3 Å². The number of carbonyl (C=O) groups excluding carboxylic acids is 1. The summed E-state index contributed by atoms with van der Waals surface area (Å²) in [6.45, 7) is 3.38. The number of hydrogen-bond acceptors (Lipinski definition) is 3. The lowest BCUT2D eigenvalue weighted by molar-refractivity contribution is -0.137. The Morgan fingerprint density at radius 3 is 2.63 bits per heavy atom. The van der Waals surface area contributed by atoms with Crippen LogP contribution in [-0.4, -0.2) is 40.1 Å². The molecule has 0 saturated carbocycles. The number of hydrogen-bond donors (Lipinski definition) is 2. The van der Waals surface area contributed by atoms with Gasteiger partial charge in [-0.15, -0.1) is 0 Å². The Labute approximate surface area is 112 Å². The number of urea groups is 1. The van der Waals surface area contributed by atoms with Crippen LogP contribution >= 0.6 is 0 Å². The van der Waals surface area contributed by atoms with E-state index in [-0.39, 0.29) is 12.5 Å². The summed E-state index contributed by atoms with van der Waals surface area (Å²) in [6.07, 6.45) is 3.88. The number of nitrogens with zero attached hydrogens (tertiary/aromatic N) is 2. The van der Waals surface area contributed by atoms with E-state index in [0.717, 1.165) is 5.56 Å². The van der Waals surface area contributed by atoms with Crippen molar-refractivity contribution < 1.29 is 14.7 Å². The van der Waals surface area contributed by atoms with Gasteiger partial charge >= 0.3 is 12.0 Å². The van der Waals surface area contributed by atoms with Crippen LogP contribution in [0.5, 0.6) is 0 Å². The average molecular weight is 265 g/mol. The smallest absolute Gasteiger partial charge is 0.317 e. The van der Waals surface area contributed by atoms with Crippen molar-refractivity contribution in [1.29, 1.82) is 0 Å². The standard InChI is InChI=1S/C13H19N3O3/c1-2-16(10-11-5-8-14-9-6-11)13(19)15-7-3-4-12(17)18/h5-6,8-9H,2-4,7,10H2,1H3,(H,15,19)(H,17,18). The lowest BCUT2D eigenvalue weighted by Gasteiger charge is -2.21. The monoisotopic (exact) mass is 265 g/mol. The molecule has 0 saturated heterocycles. The third-order valence-corrected chi connectivity index (χ3v) is 2.64. The average Bonchev–Trinajstić information content (AvgIpc) is 2.41. The lowest BCUT2D eigenvalue weighted by atomic mass is 10.2. The fourth-order valence-corrected chi connectivity index (χ4v) is 1.58. The molecule has 1 aromatic rings. The first-order valence-corrected chi connectivity index (χ1v) is 6.27. The molecule has 1 aromatic heterocycles. The van der Waals surface area contributed by atoms with Gasteiger partial charge in [0.15, 0.2) is 0 Å². The molecule has 2 N–H and O–H groups in total. The molecule has 0 radical (unpaired) electrons. The van der Waals surface area contributed by atoms with E-state index in [2.05, 4.69) is 10.3 Å². The summed E-state index contributed by atoms with van der Waals surface area (Å²) in [6, 6.07) is 3.55. The molecule has 0 unspecified atom stereocenters. The second kappa shape index (κ2) is 8.07. The summed E-state index contributed by atoms with van der Waals surface area (Å²) >= 11 is 0. The molecule has 0 aliphatic carbocycles. The van der Waals surface area contributed by atoms with Crippen molar-refractivity contribution in [2.45, 2.75) is 26.3 Å². The molecule has 0 aliphatic heterocycles. The van der Waals surface area contributed by atoms with E-state index in [1.807, 2.05) is 19.1 Å². The second-order valence-electron chi connectivity index (χ2n) is 4.10. The van der Waals surface area contributed by atoms with Gasteiger partial charge in [0.2, 0.25) is 0 Å². The van der Waals surface area contributed by atoms with Gasteiger partial charge in [0.25, 0.3) is 0 Å². The van der Waals surface area contributed by atoms with Crippen molar-refractivity contribution in [3.63, 3.8) is 0 Å². The fourth-order valence-electron chi connectivity index (χ4n) is 1.58. The minimum atomic E-state index is -0.849. The minimum absolute atomic E-state index is 0.0662. The number of carboxylic acids is 1. The number of nitrogens with one attached hydrogen (secondary N) is 1. The van der Waals surface area contributed by atoms with E-state index in [1.54, 1.807) is 17.3 Å². The molecule has 0 aromatic carbocycles. The third kappa shape index (κ3) is 5.85. The second-order valence-corrected chi connectivity index (χ2v) is 4.10. The van der Waals surface area contributed by atoms with Crippen molar-refractivity contribution in [3.05, 3.63) is 30.1 Å². The quantitative estimate of drug-likeness (QED) is 0.731. The molecule has 6 nitrogen and oxygen atoms in total. The number of pyridine rings is 1. The SMILES string of the molecule is CCN(Cc1ccncc1)C(=O)NCCCC(=O)O. The fraction of sp³-hybridized carbons (Fsp3) is 0.462. The van der Waals surface area contributed by atoms with Crippen molar-refractivity contribution in [1.82, 2.24) is 15.2 Å². The first-order valence-electron chi connectivity index (χ1n) is 6.27. The van der Waals surface area contributed by atoms with Crippen molar-refractivity contribution in [3.8, 4) is 0 Å². The topological polar surface area (TPSA) is 82.5 Å². The van der Waals surface area contributed by atoms with Crippen molar-refractivity contribution in [2.24, 2.45) is 0 Å². The third-order valence-electron chi connectivity index (χ3n) is 2.64. The molecule has 1 rings (SSSR count). The number of carboxylic acid groups (broad SMARTS) is 1. The Balaban J connectivity index is 2.37. The highest BCUT2D eigenvalue weighted by Gasteiger charge is 2.11. The van der Waals surface area contributed by atoms with E-state index >= 15 is 0 Å². The summed E-state index contributed by atoms with van der Waals surface area (Å²) in [4.78, 5) is 27.8. The van der Waals surface area contributed by atoms with E-state index in [4.69, 9.17) is 5.11 Å². The summed E-state index contributed by atoms with van der Waals surface area (Å²) in [7, 11) is 0. The van der Waals surface area contributed by atoms with Gasteiger partial charge in [-0.05, 0) is 31.0 Å². The molecule has 0 atom stereocenters. The Morgan fingerprint density at radius 1 is 1.37 bits per heavy atom. The zero-order valence-corrected chi connectivity index (χ0v) is 11.0. The maximum Gasteiger partial charge on any atom is 0.317 e. The normalized spacial score (nSPS) is 9.95. The summed E-state index contributed by atoms with van der Waals surface area (Å²) in [5.74, 6) is -0.849. The van der Waals surface area contributed by atoms with Crippen LogP contribution in [0.3, 0.4) is 0 Å².